The predicted octanol–water partition coefficient (Wildman–Crippen LogP) is 3.81. The van der Waals surface area contributed by atoms with Gasteiger partial charge in [-0.2, -0.15) is 0 Å². The molecule has 0 bridgehead atoms. The summed E-state index contributed by atoms with van der Waals surface area (Å²) in [4.78, 5) is 42.8. The average molecular weight is 942 g/mol. The van der Waals surface area contributed by atoms with Crippen molar-refractivity contribution in [2.24, 2.45) is 0 Å². The van der Waals surface area contributed by atoms with Crippen molar-refractivity contribution in [3.05, 3.63) is 43.2 Å². The van der Waals surface area contributed by atoms with Gasteiger partial charge < -0.3 is 42.1 Å². The van der Waals surface area contributed by atoms with E-state index < -0.39 is 66.3 Å². The molecule has 0 aromatic rings. The molecule has 0 fully saturated rings. The molecule has 0 atom stereocenters. The van der Waals surface area contributed by atoms with E-state index in [4.69, 9.17) is 56.6 Å². The van der Waals surface area contributed by atoms with Crippen molar-refractivity contribution in [3.8, 4) is 0 Å². The fourth-order valence-electron chi connectivity index (χ4n) is 4.54. The average Bonchev–Trinajstić information content (AvgIpc) is 3.19. The molecule has 0 saturated heterocycles. The molecule has 8 N–H and O–H groups in total. The Labute approximate surface area is 371 Å². The quantitative estimate of drug-likeness (QED) is 0.0780. The zero-order valence-electron chi connectivity index (χ0n) is 34.4. The van der Waals surface area contributed by atoms with E-state index in [2.05, 4.69) is 25.3 Å². The molecule has 12 nitrogen and oxygen atoms in total. The van der Waals surface area contributed by atoms with Gasteiger partial charge in [0.15, 0.2) is 23.1 Å². The number of hydrogen-bond donors (Lipinski definition) is 4. The third kappa shape index (κ3) is 33.8. The maximum Gasteiger partial charge on any atom is 2.00 e. The molecular weight excluding hydrogens is 874 g/mol. The van der Waals surface area contributed by atoms with Crippen LogP contribution in [0.15, 0.2) is 43.2 Å². The van der Waals surface area contributed by atoms with Gasteiger partial charge in [-0.1, -0.05) is 163 Å². The molecule has 0 saturated carbocycles. The molecule has 57 heavy (non-hydrogen) atoms. The molecule has 0 unspecified atom stereocenters. The second-order valence-corrected chi connectivity index (χ2v) is 14.1. The number of allylic oxidation sites excluding steroid dienone is 4. The molecule has 0 spiro atoms. The number of ketones is 4. The topological polar surface area (TPSA) is 256 Å². The Kier molecular flexibility index (Phi) is 51.4. The Morgan fingerprint density at radius 1 is 0.386 bits per heavy atom. The third-order valence-electron chi connectivity index (χ3n) is 7.63. The first kappa shape index (κ1) is 64.5. The summed E-state index contributed by atoms with van der Waals surface area (Å²) in [6.07, 6.45) is 28.5. The summed E-state index contributed by atoms with van der Waals surface area (Å²) in [5.74, 6) is -9.84. The van der Waals surface area contributed by atoms with E-state index in [1.165, 1.54) is 128 Å². The molecule has 1 radical (unpaired) electrons. The van der Waals surface area contributed by atoms with Gasteiger partial charge in [-0.25, -0.2) is 0 Å². The van der Waals surface area contributed by atoms with Crippen LogP contribution >= 0.6 is 46.4 Å². The van der Waals surface area contributed by atoms with Gasteiger partial charge in [-0.15, -0.1) is 0 Å². The van der Waals surface area contributed by atoms with Crippen molar-refractivity contribution in [3.63, 3.8) is 0 Å². The van der Waals surface area contributed by atoms with Crippen LogP contribution in [0.25, 0.3) is 0 Å². The van der Waals surface area contributed by atoms with Gasteiger partial charge >= 0.3 is 17.1 Å². The molecule has 0 amide bonds. The molecular formula is C40H68Cl4CuN2O10. The van der Waals surface area contributed by atoms with E-state index in [9.17, 15) is 39.6 Å². The number of Topliss-reactive ketones (excluding diaryl/α,β-unsaturated/α-hetero) is 4. The molecule has 2 aliphatic rings. The van der Waals surface area contributed by atoms with E-state index in [0.29, 0.717) is 0 Å². The van der Waals surface area contributed by atoms with Crippen LogP contribution in [0.2, 0.25) is 0 Å². The fourth-order valence-corrected chi connectivity index (χ4v) is 5.22. The summed E-state index contributed by atoms with van der Waals surface area (Å²) in [5.41, 5.74) is 7.71. The van der Waals surface area contributed by atoms with E-state index >= 15 is 0 Å². The zero-order chi connectivity index (χ0) is 43.9. The number of hydrogen-bond acceptors (Lipinski definition) is 10. The molecule has 2 rings (SSSR count). The Balaban J connectivity index is -0.000000200. The van der Waals surface area contributed by atoms with Crippen LogP contribution in [-0.4, -0.2) is 59.6 Å². The van der Waals surface area contributed by atoms with Crippen LogP contribution < -0.4 is 31.9 Å². The van der Waals surface area contributed by atoms with Crippen LogP contribution in [0.4, 0.5) is 0 Å². The summed E-state index contributed by atoms with van der Waals surface area (Å²) in [5, 5.41) is 54.3. The number of aliphatic hydroxyl groups is 2. The van der Waals surface area contributed by atoms with Crippen molar-refractivity contribution in [2.75, 3.05) is 26.3 Å². The Morgan fingerprint density at radius 3 is 0.667 bits per heavy atom. The van der Waals surface area contributed by atoms with Gasteiger partial charge in [0.05, 0.1) is 33.2 Å². The van der Waals surface area contributed by atoms with Crippen LogP contribution in [0.1, 0.15) is 156 Å². The minimum atomic E-state index is -1.23. The van der Waals surface area contributed by atoms with E-state index in [-0.39, 0.29) is 30.3 Å². The Morgan fingerprint density at radius 2 is 0.526 bits per heavy atom. The van der Waals surface area contributed by atoms with Crippen LogP contribution in [0, 0.1) is 0 Å². The third-order valence-corrected chi connectivity index (χ3v) is 9.00. The van der Waals surface area contributed by atoms with E-state index in [0.717, 1.165) is 13.1 Å². The summed E-state index contributed by atoms with van der Waals surface area (Å²) in [6, 6.07) is 0. The normalized spacial score (nSPS) is 13.5. The fraction of sp³-hybridized carbons (Fsp3) is 0.700. The summed E-state index contributed by atoms with van der Waals surface area (Å²) in [6.45, 7) is 10.7. The summed E-state index contributed by atoms with van der Waals surface area (Å²) < 4.78 is 0. The molecule has 17 heteroatoms. The van der Waals surface area contributed by atoms with Gasteiger partial charge in [0.25, 0.3) is 0 Å². The van der Waals surface area contributed by atoms with E-state index in [1.54, 1.807) is 13.8 Å². The second kappa shape index (κ2) is 45.4. The van der Waals surface area contributed by atoms with Crippen molar-refractivity contribution < 1.29 is 78.4 Å². The van der Waals surface area contributed by atoms with Crippen molar-refractivity contribution in [1.82, 2.24) is 0 Å². The van der Waals surface area contributed by atoms with Crippen molar-refractivity contribution in [2.45, 2.75) is 156 Å². The van der Waals surface area contributed by atoms with E-state index in [1.807, 2.05) is 0 Å². The maximum atomic E-state index is 10.7. The summed E-state index contributed by atoms with van der Waals surface area (Å²) in [7, 11) is 0. The number of carbonyl (C=O) groups is 4. The zero-order valence-corrected chi connectivity index (χ0v) is 38.3. The number of unbranched alkanes of at least 4 members (excludes halogenated alkanes) is 18. The molecule has 0 aromatic heterocycles. The van der Waals surface area contributed by atoms with Crippen molar-refractivity contribution in [1.29, 1.82) is 0 Å². The molecule has 0 heterocycles. The molecule has 337 valence electrons. The minimum Gasteiger partial charge on any atom is -0.869 e. The largest absolute Gasteiger partial charge is 2.00 e. The molecule has 2 aliphatic carbocycles. The van der Waals surface area contributed by atoms with Gasteiger partial charge in [0.2, 0.25) is 0 Å². The smallest absolute Gasteiger partial charge is 0.869 e. The van der Waals surface area contributed by atoms with Gasteiger partial charge in [0.1, 0.15) is 0 Å². The maximum absolute atomic E-state index is 10.7. The van der Waals surface area contributed by atoms with Gasteiger partial charge in [-0.05, 0) is 62.6 Å². The second-order valence-electron chi connectivity index (χ2n) is 12.6. The van der Waals surface area contributed by atoms with Gasteiger partial charge in [-0.3, -0.25) is 19.2 Å². The Hall–Kier alpha value is -1.64. The summed E-state index contributed by atoms with van der Waals surface area (Å²) >= 11 is 20.3. The number of aliphatic hydroxyl groups excluding tert-OH is 2. The molecule has 0 aliphatic heterocycles. The van der Waals surface area contributed by atoms with Gasteiger partial charge in [0, 0.05) is 13.2 Å². The number of quaternary nitrogens is 2. The van der Waals surface area contributed by atoms with Crippen LogP contribution in [-0.2, 0) is 36.2 Å². The van der Waals surface area contributed by atoms with Crippen LogP contribution in [0.3, 0.4) is 0 Å². The predicted molar refractivity (Wildman–Crippen MR) is 216 cm³/mol. The number of rotatable bonds is 20. The van der Waals surface area contributed by atoms with Crippen LogP contribution in [0.5, 0.6) is 0 Å². The molecule has 0 aromatic carbocycles. The first-order chi connectivity index (χ1) is 26.6. The number of halogens is 4. The first-order valence-electron chi connectivity index (χ1n) is 19.8. The first-order valence-corrected chi connectivity index (χ1v) is 21.4. The SMILES string of the molecule is CCCCCCCCCCCC[NH3+].CCCCCCCCCCCC[NH3+].CCO.CCO.O=C1C([O-])=C(Cl)C(=O)C([O-])=C1Cl.O=C1C([O-])=C(Cl)C(=O)C([O-])=C1Cl.[Cu+2]. The minimum absolute atomic E-state index is 0. The standard InChI is InChI=1S/2C12H27N.2C6H2Cl2O4.2C2H6O.Cu/c2*1-2-3-4-5-6-7-8-9-10-11-12-13;2*7-1-3(9)5(11)2(8)6(12)4(1)10;2*1-2-3;/h2*2-13H2,1H3;2*9,12H;2*3H,2H2,1H3;/q;;;;;;+2/p-2. The van der Waals surface area contributed by atoms with Crippen molar-refractivity contribution >= 4 is 69.5 Å². The monoisotopic (exact) mass is 939 g/mol. The Bertz CT molecular complexity index is 993. The number of carbonyl (C=O) groups excluding carboxylic acids is 4.